The van der Waals surface area contributed by atoms with Crippen LogP contribution in [0.3, 0.4) is 0 Å². The Morgan fingerprint density at radius 1 is 1.21 bits per heavy atom. The maximum atomic E-state index is 12.6. The van der Waals surface area contributed by atoms with Crippen molar-refractivity contribution in [2.45, 2.75) is 31.7 Å². The lowest BCUT2D eigenvalue weighted by Crippen LogP contribution is -2.17. The second-order valence-corrected chi connectivity index (χ2v) is 9.82. The molecule has 1 amide bonds. The van der Waals surface area contributed by atoms with E-state index in [-0.39, 0.29) is 17.2 Å². The number of rotatable bonds is 5. The summed E-state index contributed by atoms with van der Waals surface area (Å²) in [5.41, 5.74) is 3.95. The van der Waals surface area contributed by atoms with Gasteiger partial charge >= 0.3 is 0 Å². The minimum absolute atomic E-state index is 0.227. The number of sulfone groups is 1. The number of aryl methyl sites for hydroxylation is 2. The van der Waals surface area contributed by atoms with Crippen LogP contribution >= 0.6 is 11.3 Å². The third-order valence-corrected chi connectivity index (χ3v) is 6.61. The maximum absolute atomic E-state index is 12.6. The lowest BCUT2D eigenvalue weighted by atomic mass is 10.0. The van der Waals surface area contributed by atoms with E-state index >= 15 is 0 Å². The number of fused-ring (bicyclic) bond motifs is 1. The molecule has 5 nitrogen and oxygen atoms in total. The van der Waals surface area contributed by atoms with Crippen LogP contribution in [0, 0.1) is 13.8 Å². The van der Waals surface area contributed by atoms with Crippen molar-refractivity contribution < 1.29 is 13.2 Å². The first kappa shape index (κ1) is 20.2. The molecule has 0 fully saturated rings. The Kier molecular flexibility index (Phi) is 5.67. The van der Waals surface area contributed by atoms with E-state index in [9.17, 15) is 13.2 Å². The van der Waals surface area contributed by atoms with Crippen LogP contribution in [-0.2, 0) is 27.6 Å². The lowest BCUT2D eigenvalue weighted by molar-refractivity contribution is -0.117. The highest BCUT2D eigenvalue weighted by Gasteiger charge is 2.13. The average Bonchev–Trinajstić information content (AvgIpc) is 2.94. The lowest BCUT2D eigenvalue weighted by Gasteiger charge is -2.05. The van der Waals surface area contributed by atoms with Crippen molar-refractivity contribution in [1.82, 2.24) is 4.57 Å². The van der Waals surface area contributed by atoms with Gasteiger partial charge in [-0.3, -0.25) is 4.79 Å². The fourth-order valence-electron chi connectivity index (χ4n) is 2.97. The molecular weight excluding hydrogens is 392 g/mol. The highest BCUT2D eigenvalue weighted by atomic mass is 32.2. The van der Waals surface area contributed by atoms with Crippen molar-refractivity contribution in [2.24, 2.45) is 4.99 Å². The van der Waals surface area contributed by atoms with E-state index < -0.39 is 9.84 Å². The van der Waals surface area contributed by atoms with Gasteiger partial charge in [0, 0.05) is 12.8 Å². The summed E-state index contributed by atoms with van der Waals surface area (Å²) in [7, 11) is -3.30. The summed E-state index contributed by atoms with van der Waals surface area (Å²) >= 11 is 1.30. The zero-order valence-electron chi connectivity index (χ0n) is 16.1. The van der Waals surface area contributed by atoms with Gasteiger partial charge in [0.2, 0.25) is 0 Å². The summed E-state index contributed by atoms with van der Waals surface area (Å²) < 4.78 is 26.3. The first-order valence-electron chi connectivity index (χ1n) is 8.77. The van der Waals surface area contributed by atoms with Crippen LogP contribution in [0.4, 0.5) is 0 Å². The molecule has 2 aromatic carbocycles. The Morgan fingerprint density at radius 3 is 2.64 bits per heavy atom. The molecule has 0 saturated carbocycles. The standard InChI is InChI=1S/C21H22N2O3S2/c1-5-10-23-18-9-8-17(28(4,25)26)13-19(18)27-21(23)22-20(24)12-16-11-14(2)6-7-15(16)3/h5-9,11,13H,1,10,12H2,2-4H3. The number of thiazole rings is 1. The Balaban J connectivity index is 2.07. The first-order valence-corrected chi connectivity index (χ1v) is 11.5. The average molecular weight is 415 g/mol. The maximum Gasteiger partial charge on any atom is 0.252 e. The topological polar surface area (TPSA) is 68.5 Å². The van der Waals surface area contributed by atoms with Gasteiger partial charge in [-0.05, 0) is 43.2 Å². The van der Waals surface area contributed by atoms with Gasteiger partial charge in [-0.2, -0.15) is 4.99 Å². The van der Waals surface area contributed by atoms with E-state index in [0.29, 0.717) is 11.3 Å². The number of benzene rings is 2. The third-order valence-electron chi connectivity index (χ3n) is 4.46. The van der Waals surface area contributed by atoms with Gasteiger partial charge in [0.15, 0.2) is 14.6 Å². The molecule has 0 aliphatic carbocycles. The third kappa shape index (κ3) is 4.31. The second kappa shape index (κ2) is 7.85. The summed E-state index contributed by atoms with van der Waals surface area (Å²) in [6.45, 7) is 8.22. The summed E-state index contributed by atoms with van der Waals surface area (Å²) in [4.78, 5) is 17.7. The molecule has 1 aromatic heterocycles. The predicted molar refractivity (Wildman–Crippen MR) is 113 cm³/mol. The van der Waals surface area contributed by atoms with Gasteiger partial charge in [0.1, 0.15) is 0 Å². The number of carbonyl (C=O) groups is 1. The molecule has 0 aliphatic heterocycles. The van der Waals surface area contributed by atoms with Gasteiger partial charge in [-0.1, -0.05) is 41.2 Å². The van der Waals surface area contributed by atoms with Crippen molar-refractivity contribution in [2.75, 3.05) is 6.26 Å². The summed E-state index contributed by atoms with van der Waals surface area (Å²) in [6, 6.07) is 11.0. The van der Waals surface area contributed by atoms with Gasteiger partial charge in [0.05, 0.1) is 21.5 Å². The Labute approximate surface area is 168 Å². The highest BCUT2D eigenvalue weighted by Crippen LogP contribution is 2.22. The van der Waals surface area contributed by atoms with E-state index in [1.165, 1.54) is 17.6 Å². The molecule has 0 spiro atoms. The predicted octanol–water partition coefficient (Wildman–Crippen LogP) is 3.58. The minimum Gasteiger partial charge on any atom is -0.313 e. The molecule has 28 heavy (non-hydrogen) atoms. The van der Waals surface area contributed by atoms with E-state index in [0.717, 1.165) is 26.9 Å². The zero-order chi connectivity index (χ0) is 20.5. The normalized spacial score (nSPS) is 12.5. The molecular formula is C21H22N2O3S2. The van der Waals surface area contributed by atoms with Gasteiger partial charge < -0.3 is 4.57 Å². The molecule has 1 heterocycles. The van der Waals surface area contributed by atoms with Gasteiger partial charge in [-0.25, -0.2) is 8.42 Å². The second-order valence-electron chi connectivity index (χ2n) is 6.80. The zero-order valence-corrected chi connectivity index (χ0v) is 17.7. The SMILES string of the molecule is C=CCn1c(=NC(=O)Cc2cc(C)ccc2C)sc2cc(S(C)(=O)=O)ccc21. The smallest absolute Gasteiger partial charge is 0.252 e. The number of hydrogen-bond donors (Lipinski definition) is 0. The van der Waals surface area contributed by atoms with Crippen LogP contribution in [0.15, 0.2) is 58.9 Å². The molecule has 0 unspecified atom stereocenters. The van der Waals surface area contributed by atoms with E-state index in [1.807, 2.05) is 36.6 Å². The van der Waals surface area contributed by atoms with Crippen molar-refractivity contribution in [3.63, 3.8) is 0 Å². The van der Waals surface area contributed by atoms with E-state index in [1.54, 1.807) is 24.3 Å². The monoisotopic (exact) mass is 414 g/mol. The Bertz CT molecular complexity index is 1250. The molecule has 0 bridgehead atoms. The van der Waals surface area contributed by atoms with Gasteiger partial charge in [0.25, 0.3) is 5.91 Å². The van der Waals surface area contributed by atoms with E-state index in [4.69, 9.17) is 0 Å². The van der Waals surface area contributed by atoms with Crippen LogP contribution in [0.5, 0.6) is 0 Å². The van der Waals surface area contributed by atoms with Crippen molar-refractivity contribution in [3.05, 3.63) is 70.5 Å². The minimum atomic E-state index is -3.30. The van der Waals surface area contributed by atoms with Crippen molar-refractivity contribution in [3.8, 4) is 0 Å². The molecule has 3 rings (SSSR count). The first-order chi connectivity index (χ1) is 13.2. The number of allylic oxidation sites excluding steroid dienone is 1. The summed E-state index contributed by atoms with van der Waals surface area (Å²) in [5, 5.41) is 0. The summed E-state index contributed by atoms with van der Waals surface area (Å²) in [6.07, 6.45) is 3.13. The number of amides is 1. The van der Waals surface area contributed by atoms with Crippen molar-refractivity contribution in [1.29, 1.82) is 0 Å². The fraction of sp³-hybridized carbons (Fsp3) is 0.238. The largest absolute Gasteiger partial charge is 0.313 e. The summed E-state index contributed by atoms with van der Waals surface area (Å²) in [5.74, 6) is -0.235. The molecule has 0 atom stereocenters. The molecule has 7 heteroatoms. The molecule has 0 N–H and O–H groups in total. The van der Waals surface area contributed by atoms with Crippen LogP contribution in [0.1, 0.15) is 16.7 Å². The van der Waals surface area contributed by atoms with Crippen LogP contribution in [-0.4, -0.2) is 25.1 Å². The highest BCUT2D eigenvalue weighted by molar-refractivity contribution is 7.90. The number of aromatic nitrogens is 1. The molecule has 3 aromatic rings. The van der Waals surface area contributed by atoms with Crippen LogP contribution in [0.25, 0.3) is 10.2 Å². The van der Waals surface area contributed by atoms with Crippen LogP contribution in [0.2, 0.25) is 0 Å². The Hall–Kier alpha value is -2.51. The molecule has 0 radical (unpaired) electrons. The van der Waals surface area contributed by atoms with Crippen molar-refractivity contribution >= 4 is 37.3 Å². The number of hydrogen-bond acceptors (Lipinski definition) is 4. The van der Waals surface area contributed by atoms with Crippen LogP contribution < -0.4 is 4.80 Å². The number of nitrogens with zero attached hydrogens (tertiary/aromatic N) is 2. The van der Waals surface area contributed by atoms with Gasteiger partial charge in [-0.15, -0.1) is 6.58 Å². The number of carbonyl (C=O) groups excluding carboxylic acids is 1. The fourth-order valence-corrected chi connectivity index (χ4v) is 4.79. The molecule has 0 aliphatic rings. The quantitative estimate of drug-likeness (QED) is 0.599. The molecule has 146 valence electrons. The van der Waals surface area contributed by atoms with E-state index in [2.05, 4.69) is 11.6 Å². The molecule has 0 saturated heterocycles. The Morgan fingerprint density at radius 2 is 1.96 bits per heavy atom.